The number of benzene rings is 1. The maximum Gasteiger partial charge on any atom is 0.276 e. The summed E-state index contributed by atoms with van der Waals surface area (Å²) >= 11 is 11.3. The summed E-state index contributed by atoms with van der Waals surface area (Å²) in [5, 5.41) is 13.2. The minimum atomic E-state index is -0.750. The van der Waals surface area contributed by atoms with Gasteiger partial charge in [0.1, 0.15) is 11.6 Å². The molecular formula is C11H8Cl2FN5O2. The molecule has 21 heavy (non-hydrogen) atoms. The molecule has 0 fully saturated rings. The first kappa shape index (κ1) is 15.2. The first-order valence-corrected chi connectivity index (χ1v) is 6.21. The van der Waals surface area contributed by atoms with Crippen LogP contribution in [0.5, 0.6) is 0 Å². The van der Waals surface area contributed by atoms with Gasteiger partial charge < -0.3 is 10.7 Å². The topological polar surface area (TPSA) is 106 Å². The Morgan fingerprint density at radius 1 is 1.19 bits per heavy atom. The predicted octanol–water partition coefficient (Wildman–Crippen LogP) is 3.46. The Kier molecular flexibility index (Phi) is 4.41. The quantitative estimate of drug-likeness (QED) is 0.343. The lowest BCUT2D eigenvalue weighted by molar-refractivity contribution is -0.384. The second-order valence-corrected chi connectivity index (χ2v) is 4.69. The molecule has 1 aromatic heterocycles. The van der Waals surface area contributed by atoms with E-state index in [9.17, 15) is 14.5 Å². The van der Waals surface area contributed by atoms with Crippen LogP contribution in [0.4, 0.5) is 27.4 Å². The van der Waals surface area contributed by atoms with Crippen molar-refractivity contribution in [1.82, 2.24) is 4.98 Å². The van der Waals surface area contributed by atoms with E-state index >= 15 is 0 Å². The highest BCUT2D eigenvalue weighted by molar-refractivity contribution is 6.35. The third kappa shape index (κ3) is 3.48. The third-order valence-electron chi connectivity index (χ3n) is 2.43. The van der Waals surface area contributed by atoms with E-state index in [4.69, 9.17) is 29.0 Å². The maximum absolute atomic E-state index is 13.3. The van der Waals surface area contributed by atoms with Crippen molar-refractivity contribution in [2.45, 2.75) is 0 Å². The van der Waals surface area contributed by atoms with Crippen molar-refractivity contribution in [3.05, 3.63) is 50.2 Å². The van der Waals surface area contributed by atoms with Crippen LogP contribution in [0, 0.1) is 15.9 Å². The molecule has 0 saturated carbocycles. The van der Waals surface area contributed by atoms with Crippen LogP contribution in [0.1, 0.15) is 0 Å². The average molecular weight is 332 g/mol. The molecule has 0 aliphatic rings. The molecule has 0 saturated heterocycles. The second kappa shape index (κ2) is 6.08. The largest absolute Gasteiger partial charge is 0.340 e. The van der Waals surface area contributed by atoms with Crippen LogP contribution in [0.25, 0.3) is 0 Å². The molecule has 0 aliphatic heterocycles. The van der Waals surface area contributed by atoms with Crippen LogP contribution >= 0.6 is 23.2 Å². The molecule has 7 nitrogen and oxygen atoms in total. The molecule has 0 bridgehead atoms. The van der Waals surface area contributed by atoms with Crippen LogP contribution in [-0.4, -0.2) is 9.91 Å². The number of nitrogen functional groups attached to an aromatic ring is 1. The first-order valence-electron chi connectivity index (χ1n) is 5.45. The van der Waals surface area contributed by atoms with Gasteiger partial charge in [0.2, 0.25) is 0 Å². The van der Waals surface area contributed by atoms with Gasteiger partial charge in [0, 0.05) is 5.69 Å². The Bertz CT molecular complexity index is 690. The number of anilines is 3. The van der Waals surface area contributed by atoms with Gasteiger partial charge in [0.05, 0.1) is 27.1 Å². The Morgan fingerprint density at radius 3 is 2.29 bits per heavy atom. The van der Waals surface area contributed by atoms with E-state index < -0.39 is 10.7 Å². The minimum Gasteiger partial charge on any atom is -0.340 e. The van der Waals surface area contributed by atoms with Crippen LogP contribution in [0.3, 0.4) is 0 Å². The van der Waals surface area contributed by atoms with Crippen molar-refractivity contribution in [3.8, 4) is 0 Å². The lowest BCUT2D eigenvalue weighted by Gasteiger charge is -2.09. The lowest BCUT2D eigenvalue weighted by Crippen LogP contribution is -2.10. The summed E-state index contributed by atoms with van der Waals surface area (Å²) in [6, 6.07) is 4.90. The van der Waals surface area contributed by atoms with Crippen molar-refractivity contribution >= 4 is 46.2 Å². The summed E-state index contributed by atoms with van der Waals surface area (Å²) in [6.45, 7) is 0. The van der Waals surface area contributed by atoms with Crippen molar-refractivity contribution in [2.75, 3.05) is 10.7 Å². The summed E-state index contributed by atoms with van der Waals surface area (Å²) in [5.41, 5.74) is 2.31. The fourth-order valence-electron chi connectivity index (χ4n) is 1.54. The van der Waals surface area contributed by atoms with E-state index in [1.165, 1.54) is 18.2 Å². The SMILES string of the molecule is NNc1cc([N+](=O)[O-])cc(Nc2cc(Cl)c(F)c(Cl)c2)n1. The highest BCUT2D eigenvalue weighted by Crippen LogP contribution is 2.30. The number of hydrogen-bond acceptors (Lipinski definition) is 6. The van der Waals surface area contributed by atoms with Crippen molar-refractivity contribution < 1.29 is 9.31 Å². The number of aromatic nitrogens is 1. The molecule has 0 unspecified atom stereocenters. The molecule has 10 heteroatoms. The van der Waals surface area contributed by atoms with E-state index in [1.54, 1.807) is 0 Å². The summed E-state index contributed by atoms with van der Waals surface area (Å²) in [4.78, 5) is 14.2. The monoisotopic (exact) mass is 331 g/mol. The molecule has 0 aliphatic carbocycles. The highest BCUT2D eigenvalue weighted by atomic mass is 35.5. The fraction of sp³-hybridized carbons (Fsp3) is 0. The van der Waals surface area contributed by atoms with Gasteiger partial charge in [-0.15, -0.1) is 0 Å². The Balaban J connectivity index is 2.39. The molecule has 0 radical (unpaired) electrons. The van der Waals surface area contributed by atoms with E-state index in [0.29, 0.717) is 5.69 Å². The highest BCUT2D eigenvalue weighted by Gasteiger charge is 2.13. The molecular weight excluding hydrogens is 324 g/mol. The van der Waals surface area contributed by atoms with Gasteiger partial charge in [-0.1, -0.05) is 23.2 Å². The average Bonchev–Trinajstić information content (AvgIpc) is 2.44. The lowest BCUT2D eigenvalue weighted by atomic mass is 10.3. The van der Waals surface area contributed by atoms with Crippen LogP contribution in [0.15, 0.2) is 24.3 Å². The molecule has 110 valence electrons. The molecule has 0 amide bonds. The first-order chi connectivity index (χ1) is 9.90. The van der Waals surface area contributed by atoms with Crippen molar-refractivity contribution in [3.63, 3.8) is 0 Å². The zero-order chi connectivity index (χ0) is 15.6. The van der Waals surface area contributed by atoms with Crippen LogP contribution in [0.2, 0.25) is 10.0 Å². The second-order valence-electron chi connectivity index (χ2n) is 3.88. The summed E-state index contributed by atoms with van der Waals surface area (Å²) < 4.78 is 13.3. The number of halogens is 3. The van der Waals surface area contributed by atoms with Gasteiger partial charge in [-0.25, -0.2) is 15.2 Å². The number of nitro groups is 1. The maximum atomic E-state index is 13.3. The van der Waals surface area contributed by atoms with E-state index in [1.807, 2.05) is 0 Å². The Labute approximate surface area is 128 Å². The predicted molar refractivity (Wildman–Crippen MR) is 78.4 cm³/mol. The zero-order valence-electron chi connectivity index (χ0n) is 10.2. The van der Waals surface area contributed by atoms with Gasteiger partial charge in [-0.2, -0.15) is 0 Å². The summed E-state index contributed by atoms with van der Waals surface area (Å²) in [5.74, 6) is 4.65. The molecule has 0 atom stereocenters. The zero-order valence-corrected chi connectivity index (χ0v) is 11.7. The van der Waals surface area contributed by atoms with Crippen LogP contribution < -0.4 is 16.6 Å². The smallest absolute Gasteiger partial charge is 0.276 e. The van der Waals surface area contributed by atoms with E-state index in [2.05, 4.69) is 15.7 Å². The van der Waals surface area contributed by atoms with Gasteiger partial charge in [-0.3, -0.25) is 10.1 Å². The summed E-state index contributed by atoms with van der Waals surface area (Å²) in [7, 11) is 0. The molecule has 0 spiro atoms. The fourth-order valence-corrected chi connectivity index (χ4v) is 2.02. The van der Waals surface area contributed by atoms with Gasteiger partial charge >= 0.3 is 0 Å². The van der Waals surface area contributed by atoms with Crippen LogP contribution in [-0.2, 0) is 0 Å². The van der Waals surface area contributed by atoms with Gasteiger partial charge in [-0.05, 0) is 12.1 Å². The number of nitrogens with one attached hydrogen (secondary N) is 2. The van der Waals surface area contributed by atoms with Crippen molar-refractivity contribution in [1.29, 1.82) is 0 Å². The van der Waals surface area contributed by atoms with Gasteiger partial charge in [0.25, 0.3) is 5.69 Å². The third-order valence-corrected chi connectivity index (χ3v) is 2.98. The van der Waals surface area contributed by atoms with Crippen molar-refractivity contribution in [2.24, 2.45) is 5.84 Å². The number of hydrazine groups is 1. The standard InChI is InChI=1S/C11H8Cl2FN5O2/c12-7-1-5(2-8(13)11(7)14)16-9-3-6(19(20)21)4-10(17-9)18-15/h1-4H,15H2,(H2,16,17,18). The number of rotatable bonds is 4. The number of nitrogens with zero attached hydrogens (tertiary/aromatic N) is 2. The number of pyridine rings is 1. The summed E-state index contributed by atoms with van der Waals surface area (Å²) in [6.07, 6.45) is 0. The Morgan fingerprint density at radius 2 is 1.76 bits per heavy atom. The van der Waals surface area contributed by atoms with E-state index in [0.717, 1.165) is 6.07 Å². The molecule has 2 aromatic rings. The Hall–Kier alpha value is -2.16. The van der Waals surface area contributed by atoms with E-state index in [-0.39, 0.29) is 27.4 Å². The van der Waals surface area contributed by atoms with Gasteiger partial charge in [0.15, 0.2) is 5.82 Å². The number of hydrogen-bond donors (Lipinski definition) is 3. The minimum absolute atomic E-state index is 0.0889. The molecule has 4 N–H and O–H groups in total. The molecule has 1 aromatic carbocycles. The number of nitrogens with two attached hydrogens (primary N) is 1. The molecule has 2 rings (SSSR count). The normalized spacial score (nSPS) is 10.3. The molecule has 1 heterocycles.